The van der Waals surface area contributed by atoms with E-state index in [1.165, 1.54) is 15.6 Å². The Bertz CT molecular complexity index is 1150. The lowest BCUT2D eigenvalue weighted by Gasteiger charge is -2.30. The van der Waals surface area contributed by atoms with E-state index in [2.05, 4.69) is 5.32 Å². The van der Waals surface area contributed by atoms with Crippen LogP contribution in [0.15, 0.2) is 64.2 Å². The summed E-state index contributed by atoms with van der Waals surface area (Å²) in [4.78, 5) is 12.2. The molecule has 0 spiro atoms. The first-order valence-electron chi connectivity index (χ1n) is 9.31. The molecule has 1 aliphatic heterocycles. The van der Waals surface area contributed by atoms with Crippen LogP contribution in [0.4, 0.5) is 11.4 Å². The fourth-order valence-corrected chi connectivity index (χ4v) is 6.06. The van der Waals surface area contributed by atoms with Crippen LogP contribution in [0.1, 0.15) is 12.0 Å². The number of fused-ring (bicyclic) bond motifs is 1. The predicted octanol–water partition coefficient (Wildman–Crippen LogP) is 4.56. The molecule has 1 aromatic heterocycles. The highest BCUT2D eigenvalue weighted by atomic mass is 35.5. The fraction of sp³-hybridized carbons (Fsp3) is 0.190. The minimum atomic E-state index is -3.58. The number of hydrogen-bond donors (Lipinski definition) is 1. The maximum absolute atomic E-state index is 13.0. The van der Waals surface area contributed by atoms with Gasteiger partial charge in [-0.1, -0.05) is 17.7 Å². The number of carbonyl (C=O) groups is 1. The van der Waals surface area contributed by atoms with Crippen molar-refractivity contribution in [2.24, 2.45) is 0 Å². The number of rotatable bonds is 6. The molecule has 2 heterocycles. The number of aryl methyl sites for hydroxylation is 1. The summed E-state index contributed by atoms with van der Waals surface area (Å²) in [5.74, 6) is 0.248. The molecular weight excluding hydrogens is 444 g/mol. The minimum Gasteiger partial charge on any atom is -0.484 e. The van der Waals surface area contributed by atoms with Crippen molar-refractivity contribution in [2.45, 2.75) is 17.1 Å². The highest BCUT2D eigenvalue weighted by Crippen LogP contribution is 2.34. The van der Waals surface area contributed by atoms with Gasteiger partial charge < -0.3 is 10.1 Å². The average molecular weight is 463 g/mol. The van der Waals surface area contributed by atoms with E-state index in [0.717, 1.165) is 12.0 Å². The monoisotopic (exact) mass is 462 g/mol. The first-order valence-corrected chi connectivity index (χ1v) is 12.0. The maximum Gasteiger partial charge on any atom is 0.273 e. The Morgan fingerprint density at radius 2 is 1.97 bits per heavy atom. The molecule has 0 bridgehead atoms. The van der Waals surface area contributed by atoms with Crippen LogP contribution in [0, 0.1) is 0 Å². The summed E-state index contributed by atoms with van der Waals surface area (Å²) >= 11 is 7.04. The van der Waals surface area contributed by atoms with E-state index >= 15 is 0 Å². The van der Waals surface area contributed by atoms with Gasteiger partial charge in [0.05, 0.1) is 5.69 Å². The standard InChI is InChI=1S/C21H19ClN2O4S2/c22-16-5-8-18(9-6-16)28-14-20(25)23-17-7-10-19-15(13-17)3-1-11-24(19)30(26,27)21-4-2-12-29-21/h2,4-10,12-13H,1,3,11,14H2,(H,23,25). The Labute approximate surface area is 184 Å². The summed E-state index contributed by atoms with van der Waals surface area (Å²) < 4.78 is 33.1. The van der Waals surface area contributed by atoms with E-state index in [1.54, 1.807) is 53.9 Å². The number of anilines is 2. The summed E-state index contributed by atoms with van der Waals surface area (Å²) in [5, 5.41) is 5.14. The van der Waals surface area contributed by atoms with E-state index < -0.39 is 10.0 Å². The van der Waals surface area contributed by atoms with Crippen LogP contribution in [-0.2, 0) is 21.2 Å². The third-order valence-electron chi connectivity index (χ3n) is 4.66. The zero-order chi connectivity index (χ0) is 21.1. The van der Waals surface area contributed by atoms with Crippen LogP contribution < -0.4 is 14.4 Å². The number of nitrogens with one attached hydrogen (secondary N) is 1. The molecule has 1 amide bonds. The molecule has 3 aromatic rings. The first kappa shape index (κ1) is 20.7. The Morgan fingerprint density at radius 1 is 1.17 bits per heavy atom. The predicted molar refractivity (Wildman–Crippen MR) is 119 cm³/mol. The zero-order valence-electron chi connectivity index (χ0n) is 15.9. The smallest absolute Gasteiger partial charge is 0.273 e. The highest BCUT2D eigenvalue weighted by Gasteiger charge is 2.29. The van der Waals surface area contributed by atoms with E-state index in [1.807, 2.05) is 6.07 Å². The summed E-state index contributed by atoms with van der Waals surface area (Å²) in [5.41, 5.74) is 2.15. The van der Waals surface area contributed by atoms with Crippen molar-refractivity contribution >= 4 is 50.2 Å². The van der Waals surface area contributed by atoms with Crippen LogP contribution in [0.5, 0.6) is 5.75 Å². The fourth-order valence-electron chi connectivity index (χ4n) is 3.29. The second-order valence-corrected chi connectivity index (χ2v) is 10.2. The van der Waals surface area contributed by atoms with Gasteiger partial charge in [-0.25, -0.2) is 8.42 Å². The summed E-state index contributed by atoms with van der Waals surface area (Å²) in [6.45, 7) is 0.297. The lowest BCUT2D eigenvalue weighted by atomic mass is 10.0. The van der Waals surface area contributed by atoms with Crippen LogP contribution in [0.2, 0.25) is 5.02 Å². The molecule has 0 saturated carbocycles. The zero-order valence-corrected chi connectivity index (χ0v) is 18.3. The van der Waals surface area contributed by atoms with Crippen LogP contribution in [0.25, 0.3) is 0 Å². The Balaban J connectivity index is 1.46. The number of hydrogen-bond acceptors (Lipinski definition) is 5. The van der Waals surface area contributed by atoms with Gasteiger partial charge in [-0.3, -0.25) is 9.10 Å². The van der Waals surface area contributed by atoms with Gasteiger partial charge in [0.2, 0.25) is 0 Å². The minimum absolute atomic E-state index is 0.141. The molecule has 156 valence electrons. The Hall–Kier alpha value is -2.55. The number of halogens is 1. The topological polar surface area (TPSA) is 75.7 Å². The number of nitrogens with zero attached hydrogens (tertiary/aromatic N) is 1. The van der Waals surface area contributed by atoms with Gasteiger partial charge in [0.15, 0.2) is 6.61 Å². The third-order valence-corrected chi connectivity index (χ3v) is 8.10. The SMILES string of the molecule is O=C(COc1ccc(Cl)cc1)Nc1ccc2c(c1)CCCN2S(=O)(=O)c1cccs1. The van der Waals surface area contributed by atoms with Gasteiger partial charge in [-0.15, -0.1) is 11.3 Å². The molecule has 2 aromatic carbocycles. The number of benzene rings is 2. The largest absolute Gasteiger partial charge is 0.484 e. The third kappa shape index (κ3) is 4.45. The number of ether oxygens (including phenoxy) is 1. The molecule has 9 heteroatoms. The molecule has 0 unspecified atom stereocenters. The normalized spacial score (nSPS) is 13.6. The molecule has 0 atom stereocenters. The molecule has 6 nitrogen and oxygen atoms in total. The van der Waals surface area contributed by atoms with Crippen LogP contribution in [-0.4, -0.2) is 27.5 Å². The van der Waals surface area contributed by atoms with Crippen molar-refractivity contribution < 1.29 is 17.9 Å². The van der Waals surface area contributed by atoms with E-state index in [9.17, 15) is 13.2 Å². The van der Waals surface area contributed by atoms with Crippen molar-refractivity contribution in [3.8, 4) is 5.75 Å². The molecular formula is C21H19ClN2O4S2. The van der Waals surface area contributed by atoms with E-state index in [-0.39, 0.29) is 12.5 Å². The molecule has 0 fully saturated rings. The van der Waals surface area contributed by atoms with Gasteiger partial charge in [-0.2, -0.15) is 0 Å². The van der Waals surface area contributed by atoms with Gasteiger partial charge in [0, 0.05) is 17.3 Å². The highest BCUT2D eigenvalue weighted by molar-refractivity contribution is 7.94. The second-order valence-electron chi connectivity index (χ2n) is 6.75. The van der Waals surface area contributed by atoms with Crippen LogP contribution in [0.3, 0.4) is 0 Å². The number of amides is 1. The van der Waals surface area contributed by atoms with Crippen molar-refractivity contribution in [1.29, 1.82) is 0 Å². The van der Waals surface area contributed by atoms with Crippen molar-refractivity contribution in [2.75, 3.05) is 22.8 Å². The second kappa shape index (κ2) is 8.67. The average Bonchev–Trinajstić information content (AvgIpc) is 3.28. The van der Waals surface area contributed by atoms with Crippen molar-refractivity contribution in [3.63, 3.8) is 0 Å². The number of carbonyl (C=O) groups excluding carboxylic acids is 1. The van der Waals surface area contributed by atoms with Crippen molar-refractivity contribution in [1.82, 2.24) is 0 Å². The van der Waals surface area contributed by atoms with E-state index in [4.69, 9.17) is 16.3 Å². The van der Waals surface area contributed by atoms with Crippen LogP contribution >= 0.6 is 22.9 Å². The first-order chi connectivity index (χ1) is 14.4. The molecule has 0 radical (unpaired) electrons. The number of sulfonamides is 1. The molecule has 1 aliphatic rings. The lowest BCUT2D eigenvalue weighted by Crippen LogP contribution is -2.35. The van der Waals surface area contributed by atoms with Gasteiger partial charge in [0.25, 0.3) is 15.9 Å². The molecule has 30 heavy (non-hydrogen) atoms. The summed E-state index contributed by atoms with van der Waals surface area (Å²) in [7, 11) is -3.58. The number of thiophene rings is 1. The van der Waals surface area contributed by atoms with Gasteiger partial charge in [-0.05, 0) is 72.3 Å². The molecule has 4 rings (SSSR count). The molecule has 0 saturated heterocycles. The maximum atomic E-state index is 13.0. The Kier molecular flexibility index (Phi) is 5.99. The lowest BCUT2D eigenvalue weighted by molar-refractivity contribution is -0.118. The summed E-state index contributed by atoms with van der Waals surface area (Å²) in [6, 6.07) is 15.4. The molecule has 1 N–H and O–H groups in total. The van der Waals surface area contributed by atoms with E-state index in [0.29, 0.717) is 39.3 Å². The quantitative estimate of drug-likeness (QED) is 0.582. The Morgan fingerprint density at radius 3 is 2.70 bits per heavy atom. The van der Waals surface area contributed by atoms with Crippen molar-refractivity contribution in [3.05, 3.63) is 70.6 Å². The molecule has 0 aliphatic carbocycles. The van der Waals surface area contributed by atoms with Gasteiger partial charge in [0.1, 0.15) is 9.96 Å². The summed E-state index contributed by atoms with van der Waals surface area (Å²) in [6.07, 6.45) is 1.46. The van der Waals surface area contributed by atoms with Gasteiger partial charge >= 0.3 is 0 Å².